The van der Waals surface area contributed by atoms with Gasteiger partial charge in [0.15, 0.2) is 0 Å². The Morgan fingerprint density at radius 2 is 1.67 bits per heavy atom. The standard InChI is InChI=1S/C19H29NO/c1-15(2)13-21-18-9-7-17(8-10-18)19(11-5-6-12-19)14-20-16(3)4/h5-10,15-16,20H,11-14H2,1-4H3. The van der Waals surface area contributed by atoms with Crippen LogP contribution in [0.2, 0.25) is 0 Å². The second-order valence-electron chi connectivity index (χ2n) is 6.92. The van der Waals surface area contributed by atoms with Crippen LogP contribution in [-0.4, -0.2) is 19.2 Å². The summed E-state index contributed by atoms with van der Waals surface area (Å²) in [4.78, 5) is 0. The summed E-state index contributed by atoms with van der Waals surface area (Å²) < 4.78 is 5.78. The van der Waals surface area contributed by atoms with E-state index >= 15 is 0 Å². The lowest BCUT2D eigenvalue weighted by Gasteiger charge is -2.31. The molecular formula is C19H29NO. The van der Waals surface area contributed by atoms with E-state index in [1.54, 1.807) is 0 Å². The molecule has 2 heteroatoms. The minimum Gasteiger partial charge on any atom is -0.493 e. The number of benzene rings is 1. The summed E-state index contributed by atoms with van der Waals surface area (Å²) in [6, 6.07) is 9.24. The minimum atomic E-state index is 0.223. The van der Waals surface area contributed by atoms with Crippen LogP contribution in [0.1, 0.15) is 46.1 Å². The second-order valence-corrected chi connectivity index (χ2v) is 6.92. The molecule has 0 amide bonds. The van der Waals surface area contributed by atoms with Gasteiger partial charge in [0.05, 0.1) is 6.61 Å². The van der Waals surface area contributed by atoms with Gasteiger partial charge in [0.1, 0.15) is 5.75 Å². The summed E-state index contributed by atoms with van der Waals surface area (Å²) in [5.41, 5.74) is 1.64. The van der Waals surface area contributed by atoms with Gasteiger partial charge in [-0.3, -0.25) is 0 Å². The first-order chi connectivity index (χ1) is 10.0. The molecule has 0 bridgehead atoms. The molecule has 0 saturated carbocycles. The van der Waals surface area contributed by atoms with Crippen LogP contribution in [0, 0.1) is 5.92 Å². The normalized spacial score (nSPS) is 16.9. The number of rotatable bonds is 7. The molecule has 1 aliphatic carbocycles. The molecule has 116 valence electrons. The molecule has 0 unspecified atom stereocenters. The summed E-state index contributed by atoms with van der Waals surface area (Å²) >= 11 is 0. The maximum absolute atomic E-state index is 5.78. The van der Waals surface area contributed by atoms with Crippen LogP contribution < -0.4 is 10.1 Å². The second kappa shape index (κ2) is 7.13. The van der Waals surface area contributed by atoms with E-state index in [-0.39, 0.29) is 5.41 Å². The maximum atomic E-state index is 5.78. The van der Waals surface area contributed by atoms with E-state index in [0.717, 1.165) is 31.7 Å². The molecule has 0 atom stereocenters. The Morgan fingerprint density at radius 1 is 1.05 bits per heavy atom. The van der Waals surface area contributed by atoms with Gasteiger partial charge in [-0.15, -0.1) is 0 Å². The van der Waals surface area contributed by atoms with E-state index in [1.165, 1.54) is 5.56 Å². The third-order valence-corrected chi connectivity index (χ3v) is 4.08. The van der Waals surface area contributed by atoms with Gasteiger partial charge in [0.2, 0.25) is 0 Å². The SMILES string of the molecule is CC(C)COc1ccc(C2(CNC(C)C)CC=CC2)cc1. The smallest absolute Gasteiger partial charge is 0.119 e. The zero-order valence-electron chi connectivity index (χ0n) is 13.9. The van der Waals surface area contributed by atoms with Gasteiger partial charge in [-0.1, -0.05) is 52.0 Å². The first-order valence-electron chi connectivity index (χ1n) is 8.13. The van der Waals surface area contributed by atoms with Crippen LogP contribution in [0.25, 0.3) is 0 Å². The Hall–Kier alpha value is -1.28. The summed E-state index contributed by atoms with van der Waals surface area (Å²) in [5, 5.41) is 3.61. The molecule has 0 spiro atoms. The van der Waals surface area contributed by atoms with Crippen molar-refractivity contribution in [1.29, 1.82) is 0 Å². The van der Waals surface area contributed by atoms with E-state index in [9.17, 15) is 0 Å². The fourth-order valence-corrected chi connectivity index (χ4v) is 2.75. The van der Waals surface area contributed by atoms with E-state index < -0.39 is 0 Å². The molecule has 21 heavy (non-hydrogen) atoms. The maximum Gasteiger partial charge on any atom is 0.119 e. The predicted molar refractivity (Wildman–Crippen MR) is 90.0 cm³/mol. The van der Waals surface area contributed by atoms with Crippen LogP contribution in [0.5, 0.6) is 5.75 Å². The minimum absolute atomic E-state index is 0.223. The molecule has 0 saturated heterocycles. The van der Waals surface area contributed by atoms with Crippen LogP contribution >= 0.6 is 0 Å². The highest BCUT2D eigenvalue weighted by Crippen LogP contribution is 2.37. The van der Waals surface area contributed by atoms with Crippen molar-refractivity contribution in [3.05, 3.63) is 42.0 Å². The lowest BCUT2D eigenvalue weighted by atomic mass is 9.78. The summed E-state index contributed by atoms with van der Waals surface area (Å²) in [6.45, 7) is 10.6. The average Bonchev–Trinajstić information content (AvgIpc) is 2.93. The molecule has 1 aromatic rings. The Kier molecular flexibility index (Phi) is 5.46. The molecular weight excluding hydrogens is 258 g/mol. The van der Waals surface area contributed by atoms with Gasteiger partial charge in [-0.2, -0.15) is 0 Å². The highest BCUT2D eigenvalue weighted by molar-refractivity contribution is 5.35. The van der Waals surface area contributed by atoms with E-state index in [0.29, 0.717) is 12.0 Å². The lowest BCUT2D eigenvalue weighted by molar-refractivity contribution is 0.271. The fourth-order valence-electron chi connectivity index (χ4n) is 2.75. The van der Waals surface area contributed by atoms with Crippen LogP contribution in [0.3, 0.4) is 0 Å². The molecule has 0 radical (unpaired) electrons. The number of allylic oxidation sites excluding steroid dienone is 2. The lowest BCUT2D eigenvalue weighted by Crippen LogP contribution is -2.39. The Bertz CT molecular complexity index is 451. The van der Waals surface area contributed by atoms with Crippen LogP contribution in [-0.2, 0) is 5.41 Å². The van der Waals surface area contributed by atoms with E-state index in [4.69, 9.17) is 4.74 Å². The van der Waals surface area contributed by atoms with Crippen molar-refractivity contribution in [2.24, 2.45) is 5.92 Å². The summed E-state index contributed by atoms with van der Waals surface area (Å²) in [7, 11) is 0. The van der Waals surface area contributed by atoms with Crippen molar-refractivity contribution in [2.75, 3.05) is 13.2 Å². The van der Waals surface area contributed by atoms with Gasteiger partial charge in [-0.25, -0.2) is 0 Å². The van der Waals surface area contributed by atoms with Crippen molar-refractivity contribution < 1.29 is 4.74 Å². The molecule has 1 N–H and O–H groups in total. The van der Waals surface area contributed by atoms with E-state index in [2.05, 4.69) is 69.4 Å². The zero-order chi connectivity index (χ0) is 15.3. The monoisotopic (exact) mass is 287 g/mol. The number of nitrogens with one attached hydrogen (secondary N) is 1. The molecule has 0 aromatic heterocycles. The Labute approximate surface area is 129 Å². The highest BCUT2D eigenvalue weighted by atomic mass is 16.5. The molecule has 0 fully saturated rings. The molecule has 0 heterocycles. The highest BCUT2D eigenvalue weighted by Gasteiger charge is 2.32. The van der Waals surface area contributed by atoms with Crippen LogP contribution in [0.4, 0.5) is 0 Å². The number of hydrogen-bond donors (Lipinski definition) is 1. The van der Waals surface area contributed by atoms with Crippen molar-refractivity contribution in [3.63, 3.8) is 0 Å². The van der Waals surface area contributed by atoms with Gasteiger partial charge in [0.25, 0.3) is 0 Å². The number of ether oxygens (including phenoxy) is 1. The number of hydrogen-bond acceptors (Lipinski definition) is 2. The van der Waals surface area contributed by atoms with Crippen molar-refractivity contribution in [1.82, 2.24) is 5.32 Å². The Balaban J connectivity index is 2.07. The molecule has 2 rings (SSSR count). The molecule has 0 aliphatic heterocycles. The van der Waals surface area contributed by atoms with Crippen molar-refractivity contribution in [2.45, 2.75) is 52.0 Å². The average molecular weight is 287 g/mol. The van der Waals surface area contributed by atoms with Gasteiger partial charge >= 0.3 is 0 Å². The van der Waals surface area contributed by atoms with Gasteiger partial charge in [0, 0.05) is 18.0 Å². The largest absolute Gasteiger partial charge is 0.493 e. The third-order valence-electron chi connectivity index (χ3n) is 4.08. The molecule has 1 aromatic carbocycles. The zero-order valence-corrected chi connectivity index (χ0v) is 13.9. The third kappa shape index (κ3) is 4.34. The predicted octanol–water partition coefficient (Wildman–Crippen LogP) is 4.31. The molecule has 2 nitrogen and oxygen atoms in total. The van der Waals surface area contributed by atoms with E-state index in [1.807, 2.05) is 0 Å². The Morgan fingerprint density at radius 3 is 2.19 bits per heavy atom. The van der Waals surface area contributed by atoms with Gasteiger partial charge in [-0.05, 0) is 36.5 Å². The topological polar surface area (TPSA) is 21.3 Å². The molecule has 1 aliphatic rings. The first-order valence-corrected chi connectivity index (χ1v) is 8.13. The van der Waals surface area contributed by atoms with Crippen molar-refractivity contribution in [3.8, 4) is 5.75 Å². The van der Waals surface area contributed by atoms with Crippen LogP contribution in [0.15, 0.2) is 36.4 Å². The summed E-state index contributed by atoms with van der Waals surface area (Å²) in [6.07, 6.45) is 6.87. The summed E-state index contributed by atoms with van der Waals surface area (Å²) in [5.74, 6) is 1.54. The fraction of sp³-hybridized carbons (Fsp3) is 0.579. The first kappa shape index (κ1) is 16.1. The quantitative estimate of drug-likeness (QED) is 0.755. The van der Waals surface area contributed by atoms with Crippen molar-refractivity contribution >= 4 is 0 Å². The van der Waals surface area contributed by atoms with Gasteiger partial charge < -0.3 is 10.1 Å².